The number of carbonyl (C=O) groups is 6. The molecule has 5 unspecified atom stereocenters. The van der Waals surface area contributed by atoms with Crippen LogP contribution in [0.15, 0.2) is 111 Å². The van der Waals surface area contributed by atoms with Gasteiger partial charge in [-0.1, -0.05) is 47.5 Å². The number of methoxy groups -OCH3 is 2. The topological polar surface area (TPSA) is 218 Å². The minimum Gasteiger partial charge on any atom is -0.495 e. The third-order valence-electron chi connectivity index (χ3n) is 10.1. The molecule has 0 aromatic heterocycles. The van der Waals surface area contributed by atoms with Gasteiger partial charge in [-0.05, 0) is 118 Å². The molecule has 16 nitrogen and oxygen atoms in total. The second-order valence-corrected chi connectivity index (χ2v) is 17.9. The molecule has 0 saturated heterocycles. The Morgan fingerprint density at radius 2 is 0.942 bits per heavy atom. The molecule has 0 aliphatic heterocycles. The van der Waals surface area contributed by atoms with E-state index in [0.29, 0.717) is 39.6 Å². The number of Topliss-reactive ketones (excluding diaryl/α,β-unsaturated/α-hetero) is 2. The number of alkyl halides is 3. The molecule has 360 valence electrons. The molecule has 4 N–H and O–H groups in total. The molecule has 5 rings (SSSR count). The number of ether oxygens (including phenoxy) is 2. The van der Waals surface area contributed by atoms with Gasteiger partial charge in [0.25, 0.3) is 23.6 Å². The minimum atomic E-state index is -1.63. The number of anilines is 4. The number of nitrogens with one attached hydrogen (secondary N) is 4. The smallest absolute Gasteiger partial charge is 0.258 e. The maximum atomic E-state index is 13.6. The molecular weight excluding hydrogens is 994 g/mol. The van der Waals surface area contributed by atoms with E-state index >= 15 is 0 Å². The first-order chi connectivity index (χ1) is 32.7. The Morgan fingerprint density at radius 3 is 1.33 bits per heavy atom. The first-order valence-electron chi connectivity index (χ1n) is 20.8. The van der Waals surface area contributed by atoms with Crippen LogP contribution in [-0.2, 0) is 19.2 Å². The molecule has 21 heteroatoms. The molecule has 0 bridgehead atoms. The number of hydrogen-bond acceptors (Lipinski definition) is 12. The van der Waals surface area contributed by atoms with Crippen LogP contribution in [0.3, 0.4) is 0 Å². The molecule has 5 atom stereocenters. The standard InChI is InChI=1S/C48H45Cl5N8O8/c1-23(49)31-10-8-12-39(68-6)43(31)56-45(64)34-21-29(14-17-36(34)52)58-60-41(26(4)62)47(66)54-28-16-19-38(33(20-28)25(3)51)55-48(67)42(27(5)63)61-59-30-15-18-37(53)35(22-30)46(65)57-44-32(24(2)50)11-9-13-40(44)69-7/h8-25,41-42H,1-7H3,(H,54,66)(H,55,67)(H,56,64)(H,57,65). The van der Waals surface area contributed by atoms with Crippen molar-refractivity contribution in [3.8, 4) is 11.5 Å². The van der Waals surface area contributed by atoms with Crippen LogP contribution in [0.5, 0.6) is 11.5 Å². The van der Waals surface area contributed by atoms with Crippen molar-refractivity contribution in [1.29, 1.82) is 0 Å². The summed E-state index contributed by atoms with van der Waals surface area (Å²) in [6.45, 7) is 7.41. The maximum Gasteiger partial charge on any atom is 0.258 e. The van der Waals surface area contributed by atoms with Crippen LogP contribution in [0.4, 0.5) is 34.1 Å². The number of rotatable bonds is 19. The lowest BCUT2D eigenvalue weighted by Gasteiger charge is -2.17. The molecule has 0 aliphatic carbocycles. The number of carbonyl (C=O) groups excluding carboxylic acids is 6. The molecule has 4 amide bonds. The largest absolute Gasteiger partial charge is 0.495 e. The quantitative estimate of drug-likeness (QED) is 0.0353. The van der Waals surface area contributed by atoms with Crippen LogP contribution in [0.25, 0.3) is 0 Å². The lowest BCUT2D eigenvalue weighted by atomic mass is 10.1. The highest BCUT2D eigenvalue weighted by atomic mass is 35.5. The van der Waals surface area contributed by atoms with E-state index in [1.54, 1.807) is 57.2 Å². The monoisotopic (exact) mass is 1040 g/mol. The van der Waals surface area contributed by atoms with Crippen molar-refractivity contribution in [2.24, 2.45) is 20.5 Å². The maximum absolute atomic E-state index is 13.6. The fourth-order valence-corrected chi connectivity index (χ4v) is 7.56. The molecular formula is C48H45Cl5N8O8. The average molecular weight is 1040 g/mol. The number of nitrogens with zero attached hydrogens (tertiary/aromatic N) is 4. The Labute approximate surface area is 422 Å². The summed E-state index contributed by atoms with van der Waals surface area (Å²) < 4.78 is 10.8. The van der Waals surface area contributed by atoms with E-state index in [9.17, 15) is 28.8 Å². The van der Waals surface area contributed by atoms with Gasteiger partial charge in [-0.25, -0.2) is 0 Å². The van der Waals surface area contributed by atoms with Crippen LogP contribution in [0.1, 0.15) is 88.2 Å². The SMILES string of the molecule is COc1cccc(C(C)Cl)c1NC(=O)c1cc(N=NC(C(C)=O)C(=O)Nc2ccc(NC(=O)C(N=Nc3ccc(Cl)c(C(=O)Nc4c(OC)cccc4C(C)Cl)c3)C(C)=O)c(C(C)Cl)c2)ccc1Cl. The third-order valence-corrected chi connectivity index (χ3v) is 11.5. The van der Waals surface area contributed by atoms with Crippen LogP contribution in [0.2, 0.25) is 10.0 Å². The fraction of sp³-hybridized carbons (Fsp3) is 0.250. The highest BCUT2D eigenvalue weighted by Gasteiger charge is 2.27. The first-order valence-corrected chi connectivity index (χ1v) is 22.9. The zero-order valence-electron chi connectivity index (χ0n) is 38.0. The first kappa shape index (κ1) is 53.5. The predicted octanol–water partition coefficient (Wildman–Crippen LogP) is 12.8. The van der Waals surface area contributed by atoms with Gasteiger partial charge in [0.1, 0.15) is 11.5 Å². The second-order valence-electron chi connectivity index (χ2n) is 15.2. The van der Waals surface area contributed by atoms with Crippen molar-refractivity contribution in [3.63, 3.8) is 0 Å². The van der Waals surface area contributed by atoms with Crippen molar-refractivity contribution in [1.82, 2.24) is 0 Å². The molecule has 0 aliphatic rings. The number of halogens is 5. The van der Waals surface area contributed by atoms with Crippen molar-refractivity contribution < 1.29 is 38.2 Å². The molecule has 69 heavy (non-hydrogen) atoms. The van der Waals surface area contributed by atoms with E-state index in [-0.39, 0.29) is 43.9 Å². The van der Waals surface area contributed by atoms with E-state index in [1.807, 2.05) is 0 Å². The summed E-state index contributed by atoms with van der Waals surface area (Å²) in [5.74, 6) is -3.48. The minimum absolute atomic E-state index is 0.0149. The number of azo groups is 2. The van der Waals surface area contributed by atoms with Gasteiger partial charge in [0.15, 0.2) is 11.6 Å². The lowest BCUT2D eigenvalue weighted by Crippen LogP contribution is -2.32. The molecule has 0 saturated carbocycles. The third kappa shape index (κ3) is 13.6. The summed E-state index contributed by atoms with van der Waals surface area (Å²) in [7, 11) is 2.91. The summed E-state index contributed by atoms with van der Waals surface area (Å²) in [6.07, 6.45) is 0. The fourth-order valence-electron chi connectivity index (χ4n) is 6.61. The molecule has 5 aromatic carbocycles. The molecule has 0 heterocycles. The van der Waals surface area contributed by atoms with Gasteiger partial charge in [-0.2, -0.15) is 20.5 Å². The van der Waals surface area contributed by atoms with Gasteiger partial charge >= 0.3 is 0 Å². The van der Waals surface area contributed by atoms with Crippen LogP contribution >= 0.6 is 58.0 Å². The second kappa shape index (κ2) is 24.2. The number of para-hydroxylation sites is 2. The predicted molar refractivity (Wildman–Crippen MR) is 269 cm³/mol. The average Bonchev–Trinajstić information content (AvgIpc) is 3.30. The van der Waals surface area contributed by atoms with E-state index in [4.69, 9.17) is 67.5 Å². The Bertz CT molecular complexity index is 2860. The summed E-state index contributed by atoms with van der Waals surface area (Å²) >= 11 is 32.0. The molecule has 0 spiro atoms. The number of hydrogen-bond donors (Lipinski definition) is 4. The summed E-state index contributed by atoms with van der Waals surface area (Å²) in [5, 5.41) is 25.5. The van der Waals surface area contributed by atoms with Gasteiger partial charge in [0.05, 0.1) is 74.3 Å². The molecule has 0 fully saturated rings. The molecule has 5 aromatic rings. The van der Waals surface area contributed by atoms with Crippen LogP contribution in [0, 0.1) is 0 Å². The lowest BCUT2D eigenvalue weighted by molar-refractivity contribution is -0.127. The summed E-state index contributed by atoms with van der Waals surface area (Å²) in [6, 6.07) is 19.8. The highest BCUT2D eigenvalue weighted by Crippen LogP contribution is 2.38. The van der Waals surface area contributed by atoms with Gasteiger partial charge in [-0.3, -0.25) is 28.8 Å². The summed E-state index contributed by atoms with van der Waals surface area (Å²) in [5.41, 5.74) is 2.85. The molecule has 0 radical (unpaired) electrons. The van der Waals surface area contributed by atoms with E-state index in [2.05, 4.69) is 41.7 Å². The van der Waals surface area contributed by atoms with Crippen molar-refractivity contribution in [2.45, 2.75) is 62.8 Å². The zero-order chi connectivity index (χ0) is 50.7. The highest BCUT2D eigenvalue weighted by molar-refractivity contribution is 6.35. The van der Waals surface area contributed by atoms with E-state index in [0.717, 1.165) is 13.8 Å². The number of ketones is 2. The Morgan fingerprint density at radius 1 is 0.522 bits per heavy atom. The van der Waals surface area contributed by atoms with Crippen molar-refractivity contribution in [3.05, 3.63) is 129 Å². The van der Waals surface area contributed by atoms with Crippen LogP contribution in [-0.4, -0.2) is 61.5 Å². The number of amides is 4. The van der Waals surface area contributed by atoms with Gasteiger partial charge < -0.3 is 30.7 Å². The van der Waals surface area contributed by atoms with Crippen molar-refractivity contribution >= 4 is 127 Å². The van der Waals surface area contributed by atoms with E-state index in [1.165, 1.54) is 68.8 Å². The van der Waals surface area contributed by atoms with Gasteiger partial charge in [-0.15, -0.1) is 34.8 Å². The Balaban J connectivity index is 1.30. The Hall–Kier alpha value is -6.43. The van der Waals surface area contributed by atoms with E-state index < -0.39 is 63.4 Å². The summed E-state index contributed by atoms with van der Waals surface area (Å²) in [4.78, 5) is 79.4. The zero-order valence-corrected chi connectivity index (χ0v) is 41.8. The van der Waals surface area contributed by atoms with Gasteiger partial charge in [0, 0.05) is 11.4 Å². The van der Waals surface area contributed by atoms with Crippen molar-refractivity contribution in [2.75, 3.05) is 35.5 Å². The van der Waals surface area contributed by atoms with Gasteiger partial charge in [0.2, 0.25) is 12.1 Å². The Kier molecular flexibility index (Phi) is 18.8. The van der Waals surface area contributed by atoms with Crippen LogP contribution < -0.4 is 30.7 Å². The normalized spacial score (nSPS) is 13.4. The number of benzene rings is 5.